The Bertz CT molecular complexity index is 1370. The second-order valence-corrected chi connectivity index (χ2v) is 9.42. The number of amides is 2. The van der Waals surface area contributed by atoms with Crippen molar-refractivity contribution in [3.05, 3.63) is 126 Å². The highest BCUT2D eigenvalue weighted by atomic mass is 19.1. The van der Waals surface area contributed by atoms with Gasteiger partial charge in [-0.05, 0) is 65.2 Å². The fourth-order valence-corrected chi connectivity index (χ4v) is 4.29. The number of ether oxygens (including phenoxy) is 1. The molecule has 0 heterocycles. The van der Waals surface area contributed by atoms with Crippen LogP contribution in [0.15, 0.2) is 103 Å². The molecular weight excluding hydrogens is 493 g/mol. The number of hydrogen-bond donors (Lipinski definition) is 1. The number of nitrogens with zero attached hydrogens (tertiary/aromatic N) is 2. The molecule has 0 radical (unpaired) electrons. The van der Waals surface area contributed by atoms with E-state index in [1.165, 1.54) is 12.1 Å². The highest BCUT2D eigenvalue weighted by molar-refractivity contribution is 5.98. The normalized spacial score (nSPS) is 11.4. The van der Waals surface area contributed by atoms with E-state index < -0.39 is 6.04 Å². The average Bonchev–Trinajstić information content (AvgIpc) is 2.95. The second kappa shape index (κ2) is 12.7. The molecule has 6 nitrogen and oxygen atoms in total. The van der Waals surface area contributed by atoms with Gasteiger partial charge in [0.15, 0.2) is 0 Å². The molecule has 0 spiro atoms. The zero-order valence-electron chi connectivity index (χ0n) is 22.3. The Morgan fingerprint density at radius 3 is 2.05 bits per heavy atom. The molecule has 0 aromatic heterocycles. The summed E-state index contributed by atoms with van der Waals surface area (Å²) < 4.78 is 19.0. The molecule has 0 saturated carbocycles. The van der Waals surface area contributed by atoms with Gasteiger partial charge >= 0.3 is 0 Å². The summed E-state index contributed by atoms with van der Waals surface area (Å²) in [5.41, 5.74) is 3.78. The third-order valence-electron chi connectivity index (χ3n) is 6.43. The van der Waals surface area contributed by atoms with E-state index in [9.17, 15) is 14.0 Å². The summed E-state index contributed by atoms with van der Waals surface area (Å²) in [5, 5.41) is 2.99. The summed E-state index contributed by atoms with van der Waals surface area (Å²) in [6.07, 6.45) is 0.111. The Labute approximate surface area is 228 Å². The largest absolute Gasteiger partial charge is 0.497 e. The Balaban J connectivity index is 1.72. The van der Waals surface area contributed by atoms with Crippen LogP contribution >= 0.6 is 0 Å². The van der Waals surface area contributed by atoms with Crippen molar-refractivity contribution >= 4 is 23.2 Å². The van der Waals surface area contributed by atoms with Crippen molar-refractivity contribution in [1.29, 1.82) is 0 Å². The van der Waals surface area contributed by atoms with Gasteiger partial charge in [-0.25, -0.2) is 4.39 Å². The van der Waals surface area contributed by atoms with Gasteiger partial charge in [0.1, 0.15) is 17.6 Å². The zero-order valence-corrected chi connectivity index (χ0v) is 22.3. The van der Waals surface area contributed by atoms with E-state index in [2.05, 4.69) is 5.32 Å². The third kappa shape index (κ3) is 7.23. The predicted octanol–water partition coefficient (Wildman–Crippen LogP) is 5.85. The van der Waals surface area contributed by atoms with Crippen molar-refractivity contribution < 1.29 is 18.7 Å². The quantitative estimate of drug-likeness (QED) is 0.282. The minimum absolute atomic E-state index is 0.111. The van der Waals surface area contributed by atoms with Gasteiger partial charge < -0.3 is 19.9 Å². The molecular formula is C32H32FN3O3. The predicted molar refractivity (Wildman–Crippen MR) is 152 cm³/mol. The van der Waals surface area contributed by atoms with Gasteiger partial charge in [0.25, 0.3) is 5.91 Å². The first-order chi connectivity index (χ1) is 18.8. The Kier molecular flexibility index (Phi) is 8.94. The molecule has 7 heteroatoms. The maximum atomic E-state index is 13.9. The van der Waals surface area contributed by atoms with Gasteiger partial charge in [0.05, 0.1) is 13.5 Å². The molecule has 0 aliphatic carbocycles. The minimum Gasteiger partial charge on any atom is -0.497 e. The number of benzene rings is 4. The Morgan fingerprint density at radius 2 is 1.46 bits per heavy atom. The summed E-state index contributed by atoms with van der Waals surface area (Å²) in [6, 6.07) is 29.0. The minimum atomic E-state index is -0.953. The fraction of sp³-hybridized carbons (Fsp3) is 0.188. The van der Waals surface area contributed by atoms with Gasteiger partial charge in [-0.1, -0.05) is 54.6 Å². The van der Waals surface area contributed by atoms with E-state index in [0.29, 0.717) is 22.6 Å². The maximum Gasteiger partial charge on any atom is 0.251 e. The molecule has 0 aliphatic rings. The van der Waals surface area contributed by atoms with Gasteiger partial charge in [0, 0.05) is 32.0 Å². The number of anilines is 2. The molecule has 39 heavy (non-hydrogen) atoms. The van der Waals surface area contributed by atoms with Crippen LogP contribution in [0.2, 0.25) is 0 Å². The van der Waals surface area contributed by atoms with Crippen molar-refractivity contribution in [1.82, 2.24) is 4.90 Å². The van der Waals surface area contributed by atoms with Crippen molar-refractivity contribution in [2.75, 3.05) is 31.4 Å². The highest BCUT2D eigenvalue weighted by Crippen LogP contribution is 2.28. The lowest BCUT2D eigenvalue weighted by atomic mass is 10.0. The molecule has 0 fully saturated rings. The lowest BCUT2D eigenvalue weighted by molar-refractivity contribution is -0.139. The third-order valence-corrected chi connectivity index (χ3v) is 6.43. The first-order valence-electron chi connectivity index (χ1n) is 12.6. The molecule has 200 valence electrons. The van der Waals surface area contributed by atoms with Crippen molar-refractivity contribution in [2.45, 2.75) is 19.0 Å². The van der Waals surface area contributed by atoms with E-state index >= 15 is 0 Å². The van der Waals surface area contributed by atoms with Crippen LogP contribution in [0, 0.1) is 5.82 Å². The van der Waals surface area contributed by atoms with E-state index in [4.69, 9.17) is 4.74 Å². The molecule has 4 aromatic carbocycles. The molecule has 0 bridgehead atoms. The van der Waals surface area contributed by atoms with Gasteiger partial charge in [-0.15, -0.1) is 0 Å². The van der Waals surface area contributed by atoms with Crippen LogP contribution in [0.25, 0.3) is 0 Å². The van der Waals surface area contributed by atoms with Crippen LogP contribution < -0.4 is 15.0 Å². The monoisotopic (exact) mass is 525 g/mol. The summed E-state index contributed by atoms with van der Waals surface area (Å²) >= 11 is 0. The SMILES string of the molecule is COc1ccc([C@@H](C(=O)Nc2ccc(N(C)C)cc2)N(Cc2ccc(F)cc2)C(=O)Cc2ccccc2)cc1. The lowest BCUT2D eigenvalue weighted by Crippen LogP contribution is -2.41. The molecule has 0 unspecified atom stereocenters. The number of nitrogens with one attached hydrogen (secondary N) is 1. The summed E-state index contributed by atoms with van der Waals surface area (Å²) in [7, 11) is 5.46. The van der Waals surface area contributed by atoms with E-state index in [1.807, 2.05) is 73.6 Å². The van der Waals surface area contributed by atoms with Crippen LogP contribution in [0.1, 0.15) is 22.7 Å². The Hall–Kier alpha value is -4.65. The molecule has 4 rings (SSSR count). The van der Waals surface area contributed by atoms with Gasteiger partial charge in [0.2, 0.25) is 5.91 Å². The fourth-order valence-electron chi connectivity index (χ4n) is 4.29. The van der Waals surface area contributed by atoms with E-state index in [0.717, 1.165) is 11.3 Å². The summed E-state index contributed by atoms with van der Waals surface area (Å²) in [6.45, 7) is 0.121. The lowest BCUT2D eigenvalue weighted by Gasteiger charge is -2.32. The molecule has 4 aromatic rings. The smallest absolute Gasteiger partial charge is 0.251 e. The topological polar surface area (TPSA) is 61.9 Å². The second-order valence-electron chi connectivity index (χ2n) is 9.42. The number of carbonyl (C=O) groups is 2. The maximum absolute atomic E-state index is 13.9. The summed E-state index contributed by atoms with van der Waals surface area (Å²) in [4.78, 5) is 31.3. The number of rotatable bonds is 10. The van der Waals surface area contributed by atoms with Crippen LogP contribution in [0.4, 0.5) is 15.8 Å². The van der Waals surface area contributed by atoms with Crippen LogP contribution in [-0.2, 0) is 22.6 Å². The molecule has 1 atom stereocenters. The van der Waals surface area contributed by atoms with E-state index in [-0.39, 0.29) is 30.6 Å². The molecule has 2 amide bonds. The van der Waals surface area contributed by atoms with Gasteiger partial charge in [-0.2, -0.15) is 0 Å². The van der Waals surface area contributed by atoms with Crippen LogP contribution in [0.5, 0.6) is 5.75 Å². The molecule has 0 aliphatic heterocycles. The van der Waals surface area contributed by atoms with E-state index in [1.54, 1.807) is 48.4 Å². The molecule has 1 N–H and O–H groups in total. The zero-order chi connectivity index (χ0) is 27.8. The van der Waals surface area contributed by atoms with Gasteiger partial charge in [-0.3, -0.25) is 9.59 Å². The number of halogens is 1. The highest BCUT2D eigenvalue weighted by Gasteiger charge is 2.32. The van der Waals surface area contributed by atoms with Crippen LogP contribution in [0.3, 0.4) is 0 Å². The molecule has 0 saturated heterocycles. The standard InChI is InChI=1S/C32H32FN3O3/c1-35(2)28-17-15-27(16-18-28)34-32(38)31(25-11-19-29(39-3)20-12-25)36(22-24-9-13-26(33)14-10-24)30(37)21-23-7-5-4-6-8-23/h4-20,31H,21-22H2,1-3H3,(H,34,38)/t31-/m0/s1. The first-order valence-corrected chi connectivity index (χ1v) is 12.6. The summed E-state index contributed by atoms with van der Waals surface area (Å²) in [5.74, 6) is -0.324. The van der Waals surface area contributed by atoms with Crippen molar-refractivity contribution in [2.24, 2.45) is 0 Å². The number of methoxy groups -OCH3 is 1. The average molecular weight is 526 g/mol. The van der Waals surface area contributed by atoms with Crippen molar-refractivity contribution in [3.8, 4) is 5.75 Å². The van der Waals surface area contributed by atoms with Crippen LogP contribution in [-0.4, -0.2) is 37.9 Å². The van der Waals surface area contributed by atoms with Crippen molar-refractivity contribution in [3.63, 3.8) is 0 Å². The Morgan fingerprint density at radius 1 is 0.821 bits per heavy atom. The number of carbonyl (C=O) groups excluding carboxylic acids is 2. The number of hydrogen-bond acceptors (Lipinski definition) is 4. The first kappa shape index (κ1) is 27.4.